The van der Waals surface area contributed by atoms with Gasteiger partial charge < -0.3 is 15.4 Å². The number of anilines is 1. The van der Waals surface area contributed by atoms with Gasteiger partial charge in [-0.2, -0.15) is 5.10 Å². The summed E-state index contributed by atoms with van der Waals surface area (Å²) >= 11 is 0. The average Bonchev–Trinajstić information content (AvgIpc) is 3.43. The van der Waals surface area contributed by atoms with Crippen LogP contribution in [0.4, 0.5) is 5.82 Å². The summed E-state index contributed by atoms with van der Waals surface area (Å²) in [5.41, 5.74) is 7.53. The highest BCUT2D eigenvalue weighted by molar-refractivity contribution is 6.03. The van der Waals surface area contributed by atoms with Crippen molar-refractivity contribution in [2.24, 2.45) is 10.7 Å². The molecule has 0 atom stereocenters. The Kier molecular flexibility index (Phi) is 6.07. The molecule has 2 amide bonds. The third kappa shape index (κ3) is 4.89. The molecule has 2 N–H and O–H groups in total. The number of primary amides is 1. The maximum atomic E-state index is 11.9. The zero-order chi connectivity index (χ0) is 22.5. The SMILES string of the molecule is C=CC(=O)N=C1CCN(c2cc(Oc3cnn(Cc4ccccc4)c3)c(C(N)=O)cn2)C1. The van der Waals surface area contributed by atoms with Gasteiger partial charge in [-0.05, 0) is 11.6 Å². The molecule has 1 aliphatic heterocycles. The van der Waals surface area contributed by atoms with Crippen LogP contribution in [0.5, 0.6) is 11.5 Å². The summed E-state index contributed by atoms with van der Waals surface area (Å²) in [6.07, 6.45) is 6.54. The molecule has 0 spiro atoms. The van der Waals surface area contributed by atoms with Gasteiger partial charge in [-0.3, -0.25) is 14.3 Å². The molecule has 0 radical (unpaired) electrons. The molecule has 3 heterocycles. The molecule has 2 aromatic heterocycles. The fraction of sp³-hybridized carbons (Fsp3) is 0.174. The van der Waals surface area contributed by atoms with Gasteiger partial charge in [0.2, 0.25) is 0 Å². The van der Waals surface area contributed by atoms with E-state index in [-0.39, 0.29) is 17.2 Å². The molecule has 9 nitrogen and oxygen atoms in total. The number of carbonyl (C=O) groups excluding carboxylic acids is 2. The lowest BCUT2D eigenvalue weighted by atomic mass is 10.2. The van der Waals surface area contributed by atoms with Crippen molar-refractivity contribution >= 4 is 23.3 Å². The summed E-state index contributed by atoms with van der Waals surface area (Å²) in [5, 5.41) is 4.32. The van der Waals surface area contributed by atoms with E-state index < -0.39 is 5.91 Å². The molecule has 0 saturated carbocycles. The van der Waals surface area contributed by atoms with Gasteiger partial charge in [-0.1, -0.05) is 36.9 Å². The Bertz CT molecular complexity index is 1190. The van der Waals surface area contributed by atoms with Crippen LogP contribution in [0.15, 0.2) is 72.6 Å². The first kappa shape index (κ1) is 21.0. The van der Waals surface area contributed by atoms with Crippen molar-refractivity contribution in [1.82, 2.24) is 14.8 Å². The lowest BCUT2D eigenvalue weighted by Gasteiger charge is -2.17. The summed E-state index contributed by atoms with van der Waals surface area (Å²) < 4.78 is 7.70. The molecule has 3 aromatic rings. The van der Waals surface area contributed by atoms with Crippen molar-refractivity contribution in [2.45, 2.75) is 13.0 Å². The van der Waals surface area contributed by atoms with E-state index in [2.05, 4.69) is 21.7 Å². The van der Waals surface area contributed by atoms with E-state index in [9.17, 15) is 9.59 Å². The van der Waals surface area contributed by atoms with E-state index in [1.165, 1.54) is 12.3 Å². The van der Waals surface area contributed by atoms with Gasteiger partial charge >= 0.3 is 0 Å². The van der Waals surface area contributed by atoms with Crippen LogP contribution in [0.3, 0.4) is 0 Å². The van der Waals surface area contributed by atoms with Crippen LogP contribution in [0.25, 0.3) is 0 Å². The van der Waals surface area contributed by atoms with Crippen molar-refractivity contribution < 1.29 is 14.3 Å². The highest BCUT2D eigenvalue weighted by Gasteiger charge is 2.22. The first-order chi connectivity index (χ1) is 15.5. The smallest absolute Gasteiger partial charge is 0.269 e. The van der Waals surface area contributed by atoms with Crippen LogP contribution >= 0.6 is 0 Å². The Morgan fingerprint density at radius 1 is 1.25 bits per heavy atom. The number of carbonyl (C=O) groups is 2. The number of aliphatic imine (C=N–C) groups is 1. The highest BCUT2D eigenvalue weighted by atomic mass is 16.5. The Morgan fingerprint density at radius 3 is 2.81 bits per heavy atom. The quantitative estimate of drug-likeness (QED) is 0.576. The molecule has 1 saturated heterocycles. The van der Waals surface area contributed by atoms with Crippen molar-refractivity contribution in [3.8, 4) is 11.5 Å². The molecule has 1 aromatic carbocycles. The van der Waals surface area contributed by atoms with Crippen molar-refractivity contribution in [2.75, 3.05) is 18.0 Å². The molecule has 1 fully saturated rings. The van der Waals surface area contributed by atoms with E-state index in [1.807, 2.05) is 35.2 Å². The summed E-state index contributed by atoms with van der Waals surface area (Å²) in [7, 11) is 0. The molecular weight excluding hydrogens is 408 g/mol. The number of nitrogens with zero attached hydrogens (tertiary/aromatic N) is 5. The molecule has 32 heavy (non-hydrogen) atoms. The lowest BCUT2D eigenvalue weighted by Crippen LogP contribution is -2.22. The predicted molar refractivity (Wildman–Crippen MR) is 120 cm³/mol. The van der Waals surface area contributed by atoms with E-state index in [0.717, 1.165) is 11.3 Å². The summed E-state index contributed by atoms with van der Waals surface area (Å²) in [5.74, 6) is 0.347. The predicted octanol–water partition coefficient (Wildman–Crippen LogP) is 2.58. The first-order valence-corrected chi connectivity index (χ1v) is 10.0. The molecule has 0 unspecified atom stereocenters. The monoisotopic (exact) mass is 430 g/mol. The first-order valence-electron chi connectivity index (χ1n) is 10.0. The number of nitrogens with two attached hydrogens (primary N) is 1. The minimum atomic E-state index is -0.643. The Balaban J connectivity index is 1.53. The second-order valence-corrected chi connectivity index (χ2v) is 7.26. The molecule has 162 valence electrons. The zero-order valence-corrected chi connectivity index (χ0v) is 17.3. The van der Waals surface area contributed by atoms with Gasteiger partial charge in [0.25, 0.3) is 11.8 Å². The number of hydrogen-bond acceptors (Lipinski definition) is 6. The third-order valence-corrected chi connectivity index (χ3v) is 4.95. The second kappa shape index (κ2) is 9.25. The average molecular weight is 430 g/mol. The zero-order valence-electron chi connectivity index (χ0n) is 17.3. The van der Waals surface area contributed by atoms with Crippen LogP contribution in [0.2, 0.25) is 0 Å². The van der Waals surface area contributed by atoms with Crippen LogP contribution in [-0.2, 0) is 11.3 Å². The van der Waals surface area contributed by atoms with Crippen molar-refractivity contribution in [3.63, 3.8) is 0 Å². The third-order valence-electron chi connectivity index (χ3n) is 4.95. The van der Waals surface area contributed by atoms with Gasteiger partial charge in [-0.25, -0.2) is 9.98 Å². The van der Waals surface area contributed by atoms with Crippen molar-refractivity contribution in [3.05, 3.63) is 78.8 Å². The van der Waals surface area contributed by atoms with Crippen LogP contribution in [0, 0.1) is 0 Å². The van der Waals surface area contributed by atoms with E-state index in [4.69, 9.17) is 10.5 Å². The summed E-state index contributed by atoms with van der Waals surface area (Å²) in [6, 6.07) is 11.6. The van der Waals surface area contributed by atoms with Gasteiger partial charge in [0, 0.05) is 30.9 Å². The Labute approximate surface area is 184 Å². The normalized spacial score (nSPS) is 14.5. The number of benzene rings is 1. The van der Waals surface area contributed by atoms with Gasteiger partial charge in [0.1, 0.15) is 17.1 Å². The summed E-state index contributed by atoms with van der Waals surface area (Å²) in [6.45, 7) is 5.12. The topological polar surface area (TPSA) is 116 Å². The number of rotatable bonds is 7. The van der Waals surface area contributed by atoms with Crippen LogP contribution in [0.1, 0.15) is 22.3 Å². The summed E-state index contributed by atoms with van der Waals surface area (Å²) in [4.78, 5) is 33.7. The standard InChI is InChI=1S/C23H22N6O3/c1-2-22(30)27-17-8-9-28(14-17)21-10-20(19(12-25-21)23(24)31)32-18-11-26-29(15-18)13-16-6-4-3-5-7-16/h2-7,10-12,15H,1,8-9,13-14H2,(H2,24,31). The number of amides is 2. The number of ether oxygens (including phenoxy) is 1. The van der Waals surface area contributed by atoms with Gasteiger partial charge in [-0.15, -0.1) is 0 Å². The number of aromatic nitrogens is 3. The number of hydrogen-bond donors (Lipinski definition) is 1. The molecular formula is C23H22N6O3. The maximum absolute atomic E-state index is 11.9. The molecule has 9 heteroatoms. The fourth-order valence-electron chi connectivity index (χ4n) is 3.38. The second-order valence-electron chi connectivity index (χ2n) is 7.26. The molecule has 4 rings (SSSR count). The van der Waals surface area contributed by atoms with Crippen molar-refractivity contribution in [1.29, 1.82) is 0 Å². The largest absolute Gasteiger partial charge is 0.453 e. The Hall–Kier alpha value is -4.27. The van der Waals surface area contributed by atoms with E-state index in [0.29, 0.717) is 37.6 Å². The van der Waals surface area contributed by atoms with E-state index >= 15 is 0 Å². The molecule has 1 aliphatic rings. The van der Waals surface area contributed by atoms with E-state index in [1.54, 1.807) is 23.1 Å². The fourth-order valence-corrected chi connectivity index (χ4v) is 3.38. The van der Waals surface area contributed by atoms with Gasteiger partial charge in [0.15, 0.2) is 5.75 Å². The lowest BCUT2D eigenvalue weighted by molar-refractivity contribution is -0.113. The van der Waals surface area contributed by atoms with Gasteiger partial charge in [0.05, 0.1) is 25.5 Å². The minimum Gasteiger partial charge on any atom is -0.453 e. The Morgan fingerprint density at radius 2 is 2.06 bits per heavy atom. The maximum Gasteiger partial charge on any atom is 0.269 e. The molecule has 0 aliphatic carbocycles. The van der Waals surface area contributed by atoms with Crippen LogP contribution < -0.4 is 15.4 Å². The number of pyridine rings is 1. The highest BCUT2D eigenvalue weighted by Crippen LogP contribution is 2.29. The van der Waals surface area contributed by atoms with Crippen LogP contribution in [-0.4, -0.2) is 45.4 Å². The molecule has 0 bridgehead atoms. The minimum absolute atomic E-state index is 0.166.